The van der Waals surface area contributed by atoms with E-state index in [0.717, 1.165) is 68.0 Å². The largest absolute Gasteiger partial charge is 0.467 e. The van der Waals surface area contributed by atoms with Crippen molar-refractivity contribution in [3.05, 3.63) is 69.9 Å². The molecule has 0 aliphatic carbocycles. The van der Waals surface area contributed by atoms with Crippen LogP contribution in [-0.2, 0) is 17.8 Å². The molecule has 0 atom stereocenters. The maximum absolute atomic E-state index is 12.8. The number of furan rings is 1. The fourth-order valence-corrected chi connectivity index (χ4v) is 4.17. The van der Waals surface area contributed by atoms with Crippen LogP contribution in [0.2, 0.25) is 0 Å². The van der Waals surface area contributed by atoms with Gasteiger partial charge in [0.1, 0.15) is 5.76 Å². The molecule has 1 aromatic carbocycles. The second-order valence-electron chi connectivity index (χ2n) is 8.18. The molecule has 4 rings (SSSR count). The lowest BCUT2D eigenvalue weighted by molar-refractivity contribution is 0.0367. The third-order valence-electron chi connectivity index (χ3n) is 5.73. The number of hydrogen-bond acceptors (Lipinski definition) is 5. The average Bonchev–Trinajstić information content (AvgIpc) is 3.32. The maximum Gasteiger partial charge on any atom is 0.253 e. The smallest absolute Gasteiger partial charge is 0.253 e. The molecule has 1 aliphatic rings. The van der Waals surface area contributed by atoms with Gasteiger partial charge < -0.3 is 24.4 Å². The van der Waals surface area contributed by atoms with Gasteiger partial charge in [0.2, 0.25) is 0 Å². The molecular weight excluding hydrogens is 424 g/mol. The van der Waals surface area contributed by atoms with E-state index >= 15 is 0 Å². The van der Waals surface area contributed by atoms with E-state index in [1.165, 1.54) is 0 Å². The summed E-state index contributed by atoms with van der Waals surface area (Å²) in [7, 11) is 0. The highest BCUT2D eigenvalue weighted by molar-refractivity contribution is 7.80. The first-order valence-corrected chi connectivity index (χ1v) is 11.5. The first-order valence-electron chi connectivity index (χ1n) is 11.1. The first kappa shape index (κ1) is 22.5. The highest BCUT2D eigenvalue weighted by atomic mass is 32.1. The van der Waals surface area contributed by atoms with Crippen LogP contribution in [0.4, 0.5) is 0 Å². The number of aryl methyl sites for hydroxylation is 1. The van der Waals surface area contributed by atoms with Crippen LogP contribution < -0.4 is 10.9 Å². The Morgan fingerprint density at radius 2 is 2.09 bits per heavy atom. The van der Waals surface area contributed by atoms with Crippen molar-refractivity contribution in [2.45, 2.75) is 26.4 Å². The average molecular weight is 455 g/mol. The number of pyridine rings is 1. The Labute approximate surface area is 193 Å². The van der Waals surface area contributed by atoms with Gasteiger partial charge >= 0.3 is 0 Å². The van der Waals surface area contributed by atoms with E-state index in [4.69, 9.17) is 21.4 Å². The van der Waals surface area contributed by atoms with E-state index in [1.807, 2.05) is 30.3 Å². The zero-order valence-corrected chi connectivity index (χ0v) is 19.2. The number of aromatic amines is 1. The molecule has 0 spiro atoms. The Hall–Kier alpha value is -2.68. The van der Waals surface area contributed by atoms with Gasteiger partial charge in [-0.3, -0.25) is 9.69 Å². The molecule has 1 saturated heterocycles. The number of nitrogens with one attached hydrogen (secondary N) is 2. The highest BCUT2D eigenvalue weighted by Gasteiger charge is 2.16. The Kier molecular flexibility index (Phi) is 7.57. The number of nitrogens with zero attached hydrogens (tertiary/aromatic N) is 2. The molecule has 2 aromatic heterocycles. The fourth-order valence-electron chi connectivity index (χ4n) is 3.94. The van der Waals surface area contributed by atoms with Gasteiger partial charge in [0.05, 0.1) is 32.6 Å². The summed E-state index contributed by atoms with van der Waals surface area (Å²) in [6, 6.07) is 11.8. The zero-order valence-electron chi connectivity index (χ0n) is 18.4. The van der Waals surface area contributed by atoms with Crippen molar-refractivity contribution in [2.24, 2.45) is 0 Å². The standard InChI is InChI=1S/C24H30N4O3S/c1-18-5-6-22-19(14-18)15-20(23(29)26-22)17-28(8-3-7-27-9-12-30-13-10-27)24(32)25-16-21-4-2-11-31-21/h2,4-6,11,14-15H,3,7-10,12-13,16-17H2,1H3,(H,25,32)(H,26,29). The number of ether oxygens (including phenoxy) is 1. The number of benzene rings is 1. The second kappa shape index (κ2) is 10.8. The molecule has 1 fully saturated rings. The molecule has 0 saturated carbocycles. The Morgan fingerprint density at radius 1 is 1.25 bits per heavy atom. The minimum Gasteiger partial charge on any atom is -0.467 e. The molecule has 0 radical (unpaired) electrons. The lowest BCUT2D eigenvalue weighted by Crippen LogP contribution is -2.42. The van der Waals surface area contributed by atoms with Gasteiger partial charge in [-0.05, 0) is 61.3 Å². The third kappa shape index (κ3) is 5.97. The molecule has 0 amide bonds. The number of hydrogen-bond donors (Lipinski definition) is 2. The summed E-state index contributed by atoms with van der Waals surface area (Å²) in [5.41, 5.74) is 2.64. The number of aromatic nitrogens is 1. The van der Waals surface area contributed by atoms with E-state index in [1.54, 1.807) is 6.26 Å². The fraction of sp³-hybridized carbons (Fsp3) is 0.417. The predicted molar refractivity (Wildman–Crippen MR) is 130 cm³/mol. The van der Waals surface area contributed by atoms with Gasteiger partial charge in [-0.2, -0.15) is 0 Å². The number of H-pyrrole nitrogens is 1. The topological polar surface area (TPSA) is 73.7 Å². The molecule has 0 bridgehead atoms. The van der Waals surface area contributed by atoms with Crippen LogP contribution in [0.3, 0.4) is 0 Å². The number of fused-ring (bicyclic) bond motifs is 1. The van der Waals surface area contributed by atoms with Crippen molar-refractivity contribution < 1.29 is 9.15 Å². The minimum atomic E-state index is -0.0756. The van der Waals surface area contributed by atoms with Gasteiger partial charge in [0.25, 0.3) is 5.56 Å². The van der Waals surface area contributed by atoms with Crippen LogP contribution in [0.1, 0.15) is 23.3 Å². The SMILES string of the molecule is Cc1ccc2[nH]c(=O)c(CN(CCCN3CCOCC3)C(=S)NCc3ccco3)cc2c1. The Bertz CT molecular complexity index is 1090. The third-order valence-corrected chi connectivity index (χ3v) is 6.13. The van der Waals surface area contributed by atoms with E-state index in [2.05, 4.69) is 33.1 Å². The van der Waals surface area contributed by atoms with Crippen molar-refractivity contribution in [2.75, 3.05) is 39.4 Å². The van der Waals surface area contributed by atoms with Crippen LogP contribution in [0.25, 0.3) is 10.9 Å². The Balaban J connectivity index is 1.46. The predicted octanol–water partition coefficient (Wildman–Crippen LogP) is 3.03. The number of morpholine rings is 1. The zero-order chi connectivity index (χ0) is 22.3. The molecule has 8 heteroatoms. The van der Waals surface area contributed by atoms with Crippen LogP contribution in [0, 0.1) is 6.92 Å². The van der Waals surface area contributed by atoms with E-state index < -0.39 is 0 Å². The van der Waals surface area contributed by atoms with Crippen LogP contribution >= 0.6 is 12.2 Å². The van der Waals surface area contributed by atoms with E-state index in [0.29, 0.717) is 23.8 Å². The van der Waals surface area contributed by atoms with Crippen LogP contribution in [-0.4, -0.2) is 59.3 Å². The quantitative estimate of drug-likeness (QED) is 0.507. The van der Waals surface area contributed by atoms with Crippen molar-refractivity contribution >= 4 is 28.2 Å². The number of rotatable bonds is 8. The summed E-state index contributed by atoms with van der Waals surface area (Å²) in [5.74, 6) is 0.819. The summed E-state index contributed by atoms with van der Waals surface area (Å²) in [6.07, 6.45) is 2.60. The monoisotopic (exact) mass is 454 g/mol. The van der Waals surface area contributed by atoms with Crippen molar-refractivity contribution in [1.82, 2.24) is 20.1 Å². The van der Waals surface area contributed by atoms with Gasteiger partial charge in [0, 0.05) is 37.3 Å². The molecule has 7 nitrogen and oxygen atoms in total. The van der Waals surface area contributed by atoms with Gasteiger partial charge in [0.15, 0.2) is 5.11 Å². The lowest BCUT2D eigenvalue weighted by atomic mass is 10.1. The first-order chi connectivity index (χ1) is 15.6. The summed E-state index contributed by atoms with van der Waals surface area (Å²) in [5, 5.41) is 4.92. The summed E-state index contributed by atoms with van der Waals surface area (Å²) < 4.78 is 10.8. The summed E-state index contributed by atoms with van der Waals surface area (Å²) in [6.45, 7) is 8.26. The summed E-state index contributed by atoms with van der Waals surface area (Å²) >= 11 is 5.70. The highest BCUT2D eigenvalue weighted by Crippen LogP contribution is 2.15. The van der Waals surface area contributed by atoms with Crippen molar-refractivity contribution in [3.8, 4) is 0 Å². The molecule has 2 N–H and O–H groups in total. The molecule has 170 valence electrons. The van der Waals surface area contributed by atoms with Crippen molar-refractivity contribution in [3.63, 3.8) is 0 Å². The minimum absolute atomic E-state index is 0.0756. The molecular formula is C24H30N4O3S. The second-order valence-corrected chi connectivity index (χ2v) is 8.57. The number of thiocarbonyl (C=S) groups is 1. The Morgan fingerprint density at radius 3 is 2.88 bits per heavy atom. The van der Waals surface area contributed by atoms with Crippen molar-refractivity contribution in [1.29, 1.82) is 0 Å². The van der Waals surface area contributed by atoms with Crippen LogP contribution in [0.15, 0.2) is 51.9 Å². The van der Waals surface area contributed by atoms with Gasteiger partial charge in [-0.1, -0.05) is 11.6 Å². The van der Waals surface area contributed by atoms with E-state index in [9.17, 15) is 4.79 Å². The molecule has 32 heavy (non-hydrogen) atoms. The molecule has 3 aromatic rings. The maximum atomic E-state index is 12.8. The molecule has 3 heterocycles. The van der Waals surface area contributed by atoms with Crippen LogP contribution in [0.5, 0.6) is 0 Å². The van der Waals surface area contributed by atoms with Gasteiger partial charge in [-0.15, -0.1) is 0 Å². The van der Waals surface area contributed by atoms with Gasteiger partial charge in [-0.25, -0.2) is 0 Å². The van der Waals surface area contributed by atoms with E-state index in [-0.39, 0.29) is 5.56 Å². The lowest BCUT2D eigenvalue weighted by Gasteiger charge is -2.29. The molecule has 0 unspecified atom stereocenters. The summed E-state index contributed by atoms with van der Waals surface area (Å²) in [4.78, 5) is 20.3. The molecule has 1 aliphatic heterocycles. The normalized spacial score (nSPS) is 14.5.